The number of carbonyl (C=O) groups is 2. The van der Waals surface area contributed by atoms with E-state index in [9.17, 15) is 14.4 Å². The lowest BCUT2D eigenvalue weighted by Gasteiger charge is -2.24. The lowest BCUT2D eigenvalue weighted by atomic mass is 10.0. The second-order valence-corrected chi connectivity index (χ2v) is 5.51. The second-order valence-electron chi connectivity index (χ2n) is 5.51. The standard InChI is InChI=1S/C16H17N3O3/c1-3-10-4-5-12-11(8-10)16(22)19(9(2)17-12)13-6-7-14(20)18-15(13)21/h4-5,8,13H,3,6-7H2,1-2H3,(H,18,20,21). The Bertz CT molecular complexity index is 838. The average Bonchev–Trinajstić information content (AvgIpc) is 2.49. The van der Waals surface area contributed by atoms with Gasteiger partial charge in [-0.05, 0) is 37.5 Å². The smallest absolute Gasteiger partial charge is 0.262 e. The van der Waals surface area contributed by atoms with Crippen LogP contribution in [-0.2, 0) is 16.0 Å². The molecule has 3 rings (SSSR count). The molecule has 0 radical (unpaired) electrons. The van der Waals surface area contributed by atoms with Crippen molar-refractivity contribution in [2.24, 2.45) is 0 Å². The van der Waals surface area contributed by atoms with Crippen LogP contribution in [-0.4, -0.2) is 21.4 Å². The van der Waals surface area contributed by atoms with Gasteiger partial charge in [0.1, 0.15) is 11.9 Å². The molecule has 1 fully saturated rings. The normalized spacial score (nSPS) is 18.5. The second kappa shape index (κ2) is 5.36. The fourth-order valence-electron chi connectivity index (χ4n) is 2.87. The van der Waals surface area contributed by atoms with Gasteiger partial charge in [-0.1, -0.05) is 13.0 Å². The van der Waals surface area contributed by atoms with Crippen LogP contribution in [0.5, 0.6) is 0 Å². The molecule has 6 heteroatoms. The van der Waals surface area contributed by atoms with Crippen LogP contribution in [0.4, 0.5) is 0 Å². The van der Waals surface area contributed by atoms with Gasteiger partial charge in [0.15, 0.2) is 0 Å². The number of carbonyl (C=O) groups excluding carboxylic acids is 2. The number of fused-ring (bicyclic) bond motifs is 1. The van der Waals surface area contributed by atoms with E-state index < -0.39 is 11.9 Å². The molecule has 6 nitrogen and oxygen atoms in total. The van der Waals surface area contributed by atoms with E-state index in [1.165, 1.54) is 4.57 Å². The number of aromatic nitrogens is 2. The van der Waals surface area contributed by atoms with Crippen LogP contribution in [0.2, 0.25) is 0 Å². The van der Waals surface area contributed by atoms with E-state index in [-0.39, 0.29) is 17.9 Å². The summed E-state index contributed by atoms with van der Waals surface area (Å²) in [6.07, 6.45) is 1.38. The molecule has 1 atom stereocenters. The molecule has 22 heavy (non-hydrogen) atoms. The predicted molar refractivity (Wildman–Crippen MR) is 81.5 cm³/mol. The van der Waals surface area contributed by atoms with Crippen molar-refractivity contribution in [2.45, 2.75) is 39.2 Å². The maximum absolute atomic E-state index is 12.8. The van der Waals surface area contributed by atoms with E-state index in [0.29, 0.717) is 23.1 Å². The molecular weight excluding hydrogens is 282 g/mol. The molecule has 2 amide bonds. The molecule has 2 heterocycles. The van der Waals surface area contributed by atoms with Crippen molar-refractivity contribution in [3.63, 3.8) is 0 Å². The first kappa shape index (κ1) is 14.4. The van der Waals surface area contributed by atoms with Crippen LogP contribution in [0, 0.1) is 6.92 Å². The molecule has 1 saturated heterocycles. The van der Waals surface area contributed by atoms with E-state index in [1.54, 1.807) is 6.92 Å². The molecule has 1 aliphatic rings. The number of hydrogen-bond acceptors (Lipinski definition) is 4. The molecule has 114 valence electrons. The number of piperidine rings is 1. The molecule has 0 bridgehead atoms. The monoisotopic (exact) mass is 299 g/mol. The zero-order valence-electron chi connectivity index (χ0n) is 12.5. The minimum atomic E-state index is -0.674. The molecule has 1 unspecified atom stereocenters. The minimum absolute atomic E-state index is 0.229. The molecule has 1 aromatic heterocycles. The Balaban J connectivity index is 2.19. The molecule has 0 spiro atoms. The highest BCUT2D eigenvalue weighted by atomic mass is 16.2. The van der Waals surface area contributed by atoms with Crippen LogP contribution < -0.4 is 10.9 Å². The number of rotatable bonds is 2. The van der Waals surface area contributed by atoms with Gasteiger partial charge in [0.25, 0.3) is 5.56 Å². The summed E-state index contributed by atoms with van der Waals surface area (Å²) in [6, 6.07) is 4.93. The predicted octanol–water partition coefficient (Wildman–Crippen LogP) is 1.25. The molecule has 1 aromatic carbocycles. The van der Waals surface area contributed by atoms with Gasteiger partial charge in [-0.3, -0.25) is 24.3 Å². The summed E-state index contributed by atoms with van der Waals surface area (Å²) in [7, 11) is 0. The zero-order chi connectivity index (χ0) is 15.9. The van der Waals surface area contributed by atoms with Gasteiger partial charge < -0.3 is 0 Å². The number of imide groups is 1. The largest absolute Gasteiger partial charge is 0.295 e. The van der Waals surface area contributed by atoms with Gasteiger partial charge in [-0.25, -0.2) is 4.98 Å². The van der Waals surface area contributed by atoms with Gasteiger partial charge >= 0.3 is 0 Å². The highest BCUT2D eigenvalue weighted by Crippen LogP contribution is 2.20. The van der Waals surface area contributed by atoms with Crippen LogP contribution >= 0.6 is 0 Å². The molecule has 1 N–H and O–H groups in total. The Morgan fingerprint density at radius 3 is 2.77 bits per heavy atom. The first-order valence-electron chi connectivity index (χ1n) is 7.36. The Morgan fingerprint density at radius 1 is 1.32 bits per heavy atom. The average molecular weight is 299 g/mol. The summed E-state index contributed by atoms with van der Waals surface area (Å²) in [5, 5.41) is 2.80. The van der Waals surface area contributed by atoms with Gasteiger partial charge in [-0.2, -0.15) is 0 Å². The SMILES string of the molecule is CCc1ccc2nc(C)n(C3CCC(=O)NC3=O)c(=O)c2c1. The lowest BCUT2D eigenvalue weighted by Crippen LogP contribution is -2.45. The van der Waals surface area contributed by atoms with Crippen molar-refractivity contribution in [1.29, 1.82) is 0 Å². The van der Waals surface area contributed by atoms with Crippen LogP contribution in [0.25, 0.3) is 10.9 Å². The molecular formula is C16H17N3O3. The van der Waals surface area contributed by atoms with Crippen molar-refractivity contribution in [3.8, 4) is 0 Å². The maximum atomic E-state index is 12.8. The summed E-state index contributed by atoms with van der Waals surface area (Å²) in [4.78, 5) is 40.6. The summed E-state index contributed by atoms with van der Waals surface area (Å²) < 4.78 is 1.41. The van der Waals surface area contributed by atoms with E-state index in [4.69, 9.17) is 0 Å². The summed E-state index contributed by atoms with van der Waals surface area (Å²) >= 11 is 0. The van der Waals surface area contributed by atoms with E-state index in [1.807, 2.05) is 25.1 Å². The highest BCUT2D eigenvalue weighted by molar-refractivity contribution is 5.99. The third-order valence-corrected chi connectivity index (χ3v) is 4.07. The van der Waals surface area contributed by atoms with Crippen LogP contribution in [0.1, 0.15) is 37.2 Å². The molecule has 1 aliphatic heterocycles. The topological polar surface area (TPSA) is 81.1 Å². The van der Waals surface area contributed by atoms with Crippen molar-refractivity contribution >= 4 is 22.7 Å². The Labute approximate surface area is 127 Å². The zero-order valence-corrected chi connectivity index (χ0v) is 12.5. The molecule has 0 aliphatic carbocycles. The van der Waals surface area contributed by atoms with Gasteiger partial charge in [-0.15, -0.1) is 0 Å². The number of amides is 2. The number of hydrogen-bond donors (Lipinski definition) is 1. The fraction of sp³-hybridized carbons (Fsp3) is 0.375. The summed E-state index contributed by atoms with van der Waals surface area (Å²) in [6.45, 7) is 3.72. The Kier molecular flexibility index (Phi) is 3.52. The number of nitrogens with one attached hydrogen (secondary N) is 1. The molecule has 2 aromatic rings. The number of aryl methyl sites for hydroxylation is 2. The third kappa shape index (κ3) is 2.30. The molecule has 0 saturated carbocycles. The fourth-order valence-corrected chi connectivity index (χ4v) is 2.87. The minimum Gasteiger partial charge on any atom is -0.295 e. The lowest BCUT2D eigenvalue weighted by molar-refractivity contribution is -0.135. The summed E-state index contributed by atoms with van der Waals surface area (Å²) in [5.41, 5.74) is 1.45. The first-order valence-corrected chi connectivity index (χ1v) is 7.36. The van der Waals surface area contributed by atoms with Crippen molar-refractivity contribution in [2.75, 3.05) is 0 Å². The quantitative estimate of drug-likeness (QED) is 0.846. The van der Waals surface area contributed by atoms with Crippen LogP contribution in [0.3, 0.4) is 0 Å². The summed E-state index contributed by atoms with van der Waals surface area (Å²) in [5.74, 6) is -0.250. The van der Waals surface area contributed by atoms with E-state index >= 15 is 0 Å². The third-order valence-electron chi connectivity index (χ3n) is 4.07. The maximum Gasteiger partial charge on any atom is 0.262 e. The Morgan fingerprint density at radius 2 is 2.09 bits per heavy atom. The van der Waals surface area contributed by atoms with Gasteiger partial charge in [0, 0.05) is 6.42 Å². The number of nitrogens with zero attached hydrogens (tertiary/aromatic N) is 2. The highest BCUT2D eigenvalue weighted by Gasteiger charge is 2.30. The number of benzene rings is 1. The van der Waals surface area contributed by atoms with Crippen LogP contribution in [0.15, 0.2) is 23.0 Å². The van der Waals surface area contributed by atoms with E-state index in [2.05, 4.69) is 10.3 Å². The van der Waals surface area contributed by atoms with E-state index in [0.717, 1.165) is 12.0 Å². The van der Waals surface area contributed by atoms with Crippen molar-refractivity contribution in [3.05, 3.63) is 39.9 Å². The Hall–Kier alpha value is -2.50. The first-order chi connectivity index (χ1) is 10.5. The van der Waals surface area contributed by atoms with Crippen molar-refractivity contribution < 1.29 is 9.59 Å². The van der Waals surface area contributed by atoms with Crippen molar-refractivity contribution in [1.82, 2.24) is 14.9 Å². The van der Waals surface area contributed by atoms with Gasteiger partial charge in [0.2, 0.25) is 11.8 Å². The van der Waals surface area contributed by atoms with Gasteiger partial charge in [0.05, 0.1) is 10.9 Å².